The van der Waals surface area contributed by atoms with Gasteiger partial charge >= 0.3 is 0 Å². The molecule has 1 heterocycles. The van der Waals surface area contributed by atoms with Crippen molar-refractivity contribution < 1.29 is 21.0 Å². The highest BCUT2D eigenvalue weighted by Gasteiger charge is 2.30. The van der Waals surface area contributed by atoms with Crippen LogP contribution in [0.1, 0.15) is 5.56 Å². The molecular weight excluding hydrogens is 302 g/mol. The fourth-order valence-corrected chi connectivity index (χ4v) is 3.74. The average Bonchev–Trinajstić information content (AvgIpc) is 2.33. The third kappa shape index (κ3) is 3.71. The summed E-state index contributed by atoms with van der Waals surface area (Å²) in [5.74, 6) is -0.186. The maximum absolute atomic E-state index is 11.9. The van der Waals surface area contributed by atoms with E-state index in [9.17, 15) is 16.8 Å². The summed E-state index contributed by atoms with van der Waals surface area (Å²) in [6, 6.07) is 7.22. The van der Waals surface area contributed by atoms with Gasteiger partial charge in [0.1, 0.15) is 0 Å². The van der Waals surface area contributed by atoms with E-state index in [0.29, 0.717) is 12.1 Å². The molecule has 0 amide bonds. The van der Waals surface area contributed by atoms with Gasteiger partial charge < -0.3 is 0 Å². The lowest BCUT2D eigenvalue weighted by Crippen LogP contribution is -2.41. The van der Waals surface area contributed by atoms with Gasteiger partial charge in [0.2, 0.25) is 10.0 Å². The maximum Gasteiger partial charge on any atom is 0.264 e. The van der Waals surface area contributed by atoms with Crippen LogP contribution in [0.25, 0.3) is 0 Å². The molecule has 1 aromatic carbocycles. The number of rotatable bonds is 4. The Morgan fingerprint density at radius 2 is 1.85 bits per heavy atom. The Kier molecular flexibility index (Phi) is 4.08. The molecule has 0 saturated carbocycles. The van der Waals surface area contributed by atoms with Crippen LogP contribution >= 0.6 is 0 Å². The van der Waals surface area contributed by atoms with Crippen molar-refractivity contribution in [3.63, 3.8) is 0 Å². The zero-order valence-corrected chi connectivity index (χ0v) is 12.9. The number of anilines is 1. The lowest BCUT2D eigenvalue weighted by atomic mass is 9.95. The molecule has 1 aliphatic rings. The van der Waals surface area contributed by atoms with E-state index in [1.54, 1.807) is 12.1 Å². The zero-order chi connectivity index (χ0) is 15.0. The number of fused-ring (bicyclic) bond motifs is 1. The van der Waals surface area contributed by atoms with Gasteiger partial charge in [0.25, 0.3) is 10.1 Å². The van der Waals surface area contributed by atoms with Gasteiger partial charge in [0, 0.05) is 12.5 Å². The first-order chi connectivity index (χ1) is 9.17. The number of para-hydroxylation sites is 1. The molecule has 0 aromatic heterocycles. The molecule has 1 atom stereocenters. The van der Waals surface area contributed by atoms with Crippen LogP contribution in [-0.4, -0.2) is 42.5 Å². The lowest BCUT2D eigenvalue weighted by Gasteiger charge is -2.34. The van der Waals surface area contributed by atoms with Crippen LogP contribution in [0.15, 0.2) is 24.3 Å². The highest BCUT2D eigenvalue weighted by Crippen LogP contribution is 2.31. The monoisotopic (exact) mass is 319 g/mol. The van der Waals surface area contributed by atoms with Gasteiger partial charge in [-0.1, -0.05) is 18.2 Å². The van der Waals surface area contributed by atoms with Gasteiger partial charge in [-0.2, -0.15) is 8.42 Å². The van der Waals surface area contributed by atoms with Crippen LogP contribution in [0.5, 0.6) is 0 Å². The van der Waals surface area contributed by atoms with Crippen molar-refractivity contribution >= 4 is 25.8 Å². The molecule has 0 N–H and O–H groups in total. The van der Waals surface area contributed by atoms with Gasteiger partial charge in [-0.05, 0) is 18.1 Å². The molecular formula is C12H17NO5S2. The molecule has 1 aromatic rings. The number of hydrogen-bond donors (Lipinski definition) is 0. The third-order valence-electron chi connectivity index (χ3n) is 3.11. The molecule has 6 nitrogen and oxygen atoms in total. The molecule has 0 bridgehead atoms. The molecule has 0 saturated heterocycles. The minimum Gasteiger partial charge on any atom is -0.270 e. The highest BCUT2D eigenvalue weighted by molar-refractivity contribution is 7.92. The first-order valence-corrected chi connectivity index (χ1v) is 9.73. The van der Waals surface area contributed by atoms with Crippen molar-refractivity contribution in [1.29, 1.82) is 0 Å². The third-order valence-corrected chi connectivity index (χ3v) is 4.82. The van der Waals surface area contributed by atoms with Crippen LogP contribution in [-0.2, 0) is 30.7 Å². The molecule has 20 heavy (non-hydrogen) atoms. The van der Waals surface area contributed by atoms with Gasteiger partial charge in [-0.15, -0.1) is 0 Å². The Labute approximate surface area is 119 Å². The summed E-state index contributed by atoms with van der Waals surface area (Å²) in [5.41, 5.74) is 1.54. The quantitative estimate of drug-likeness (QED) is 0.759. The Balaban J connectivity index is 2.27. The van der Waals surface area contributed by atoms with Crippen LogP contribution in [0.3, 0.4) is 0 Å². The predicted molar refractivity (Wildman–Crippen MR) is 76.6 cm³/mol. The summed E-state index contributed by atoms with van der Waals surface area (Å²) in [5, 5.41) is 0. The van der Waals surface area contributed by atoms with Gasteiger partial charge in [0.15, 0.2) is 0 Å². The SMILES string of the molecule is CS(=O)(=O)OCC1Cc2ccccc2N(S(C)(=O)=O)C1. The second kappa shape index (κ2) is 5.34. The molecule has 8 heteroatoms. The lowest BCUT2D eigenvalue weighted by molar-refractivity contribution is 0.256. The highest BCUT2D eigenvalue weighted by atomic mass is 32.2. The summed E-state index contributed by atoms with van der Waals surface area (Å²) >= 11 is 0. The molecule has 0 fully saturated rings. The zero-order valence-electron chi connectivity index (χ0n) is 11.3. The van der Waals surface area contributed by atoms with E-state index >= 15 is 0 Å². The van der Waals surface area contributed by atoms with E-state index in [0.717, 1.165) is 18.1 Å². The van der Waals surface area contributed by atoms with E-state index < -0.39 is 20.1 Å². The van der Waals surface area contributed by atoms with Crippen molar-refractivity contribution in [2.45, 2.75) is 6.42 Å². The Bertz CT molecular complexity index is 696. The van der Waals surface area contributed by atoms with Crippen molar-refractivity contribution in [2.75, 3.05) is 30.0 Å². The summed E-state index contributed by atoms with van der Waals surface area (Å²) in [6.07, 6.45) is 2.72. The Morgan fingerprint density at radius 3 is 2.45 bits per heavy atom. The first kappa shape index (κ1) is 15.3. The Morgan fingerprint density at radius 1 is 1.20 bits per heavy atom. The van der Waals surface area contributed by atoms with Crippen molar-refractivity contribution in [3.8, 4) is 0 Å². The molecule has 2 rings (SSSR count). The number of sulfonamides is 1. The van der Waals surface area contributed by atoms with Crippen LogP contribution in [0, 0.1) is 5.92 Å². The number of nitrogens with zero attached hydrogens (tertiary/aromatic N) is 1. The topological polar surface area (TPSA) is 80.8 Å². The minimum atomic E-state index is -3.52. The summed E-state index contributed by atoms with van der Waals surface area (Å²) < 4.78 is 51.9. The van der Waals surface area contributed by atoms with E-state index in [1.165, 1.54) is 4.31 Å². The van der Waals surface area contributed by atoms with Crippen LogP contribution in [0.4, 0.5) is 5.69 Å². The summed E-state index contributed by atoms with van der Waals surface area (Å²) in [7, 11) is -6.92. The second-order valence-corrected chi connectivity index (χ2v) is 8.53. The first-order valence-electron chi connectivity index (χ1n) is 6.07. The van der Waals surface area contributed by atoms with Crippen molar-refractivity contribution in [1.82, 2.24) is 0 Å². The van der Waals surface area contributed by atoms with Gasteiger partial charge in [-0.25, -0.2) is 8.42 Å². The fraction of sp³-hybridized carbons (Fsp3) is 0.500. The Hall–Kier alpha value is -1.12. The molecule has 0 aliphatic carbocycles. The van der Waals surface area contributed by atoms with Crippen LogP contribution < -0.4 is 4.31 Å². The largest absolute Gasteiger partial charge is 0.270 e. The van der Waals surface area contributed by atoms with E-state index in [2.05, 4.69) is 0 Å². The molecule has 0 radical (unpaired) electrons. The van der Waals surface area contributed by atoms with Gasteiger partial charge in [0.05, 0.1) is 24.8 Å². The summed E-state index contributed by atoms with van der Waals surface area (Å²) in [6.45, 7) is 0.213. The van der Waals surface area contributed by atoms with Crippen LogP contribution in [0.2, 0.25) is 0 Å². The smallest absolute Gasteiger partial charge is 0.264 e. The van der Waals surface area contributed by atoms with Crippen molar-refractivity contribution in [3.05, 3.63) is 29.8 Å². The normalized spacial score (nSPS) is 19.7. The van der Waals surface area contributed by atoms with Gasteiger partial charge in [-0.3, -0.25) is 8.49 Å². The minimum absolute atomic E-state index is 0.0147. The predicted octanol–water partition coefficient (Wildman–Crippen LogP) is 0.601. The second-order valence-electron chi connectivity index (χ2n) is 4.98. The van der Waals surface area contributed by atoms with E-state index in [1.807, 2.05) is 12.1 Å². The standard InChI is InChI=1S/C12H17NO5S2/c1-19(14,15)13-8-10(9-18-20(2,16)17)7-11-5-3-4-6-12(11)13/h3-6,10H,7-9H2,1-2H3. The molecule has 112 valence electrons. The maximum atomic E-state index is 11.9. The molecule has 1 aliphatic heterocycles. The summed E-state index contributed by atoms with van der Waals surface area (Å²) in [4.78, 5) is 0. The fourth-order valence-electron chi connectivity index (χ4n) is 2.28. The number of hydrogen-bond acceptors (Lipinski definition) is 5. The van der Waals surface area contributed by atoms with E-state index in [-0.39, 0.29) is 19.1 Å². The number of benzene rings is 1. The van der Waals surface area contributed by atoms with E-state index in [4.69, 9.17) is 4.18 Å². The van der Waals surface area contributed by atoms with Crippen molar-refractivity contribution in [2.24, 2.45) is 5.92 Å². The molecule has 0 spiro atoms. The average molecular weight is 319 g/mol. The molecule has 1 unspecified atom stereocenters.